The fraction of sp³-hybridized carbons (Fsp3) is 0.533. The third-order valence-electron chi connectivity index (χ3n) is 3.70. The third-order valence-corrected chi connectivity index (χ3v) is 3.70. The lowest BCUT2D eigenvalue weighted by Crippen LogP contribution is -2.43. The molecule has 0 saturated heterocycles. The molecule has 1 heterocycles. The van der Waals surface area contributed by atoms with E-state index in [1.807, 2.05) is 18.2 Å². The molecule has 3 heteroatoms. The first-order valence-corrected chi connectivity index (χ1v) is 6.46. The van der Waals surface area contributed by atoms with Crippen molar-refractivity contribution in [2.75, 3.05) is 14.2 Å². The molecule has 0 radical (unpaired) electrons. The highest BCUT2D eigenvalue weighted by atomic mass is 16.7. The van der Waals surface area contributed by atoms with E-state index in [0.717, 1.165) is 24.8 Å². The van der Waals surface area contributed by atoms with Gasteiger partial charge in [0, 0.05) is 26.4 Å². The molecule has 0 fully saturated rings. The van der Waals surface area contributed by atoms with Gasteiger partial charge in [-0.15, -0.1) is 0 Å². The van der Waals surface area contributed by atoms with Crippen molar-refractivity contribution in [1.29, 1.82) is 0 Å². The quantitative estimate of drug-likeness (QED) is 0.764. The van der Waals surface area contributed by atoms with Crippen LogP contribution >= 0.6 is 0 Å². The van der Waals surface area contributed by atoms with E-state index in [-0.39, 0.29) is 6.04 Å². The number of aliphatic imine (C=N–C) groups is 1. The van der Waals surface area contributed by atoms with Crippen molar-refractivity contribution in [3.63, 3.8) is 0 Å². The summed E-state index contributed by atoms with van der Waals surface area (Å²) in [5.41, 5.74) is 2.39. The summed E-state index contributed by atoms with van der Waals surface area (Å²) in [5.74, 6) is -0.625. The lowest BCUT2D eigenvalue weighted by atomic mass is 9.89. The number of nitrogens with zero attached hydrogens (tertiary/aromatic N) is 1. The minimum atomic E-state index is -0.625. The van der Waals surface area contributed by atoms with E-state index >= 15 is 0 Å². The molecule has 1 unspecified atom stereocenters. The molecular formula is C15H21NO2. The largest absolute Gasteiger partial charge is 0.351 e. The van der Waals surface area contributed by atoms with E-state index in [0.29, 0.717) is 0 Å². The second-order valence-corrected chi connectivity index (χ2v) is 4.58. The van der Waals surface area contributed by atoms with Crippen LogP contribution in [0.3, 0.4) is 0 Å². The first kappa shape index (κ1) is 13.2. The second-order valence-electron chi connectivity index (χ2n) is 4.58. The highest BCUT2D eigenvalue weighted by Gasteiger charge is 2.42. The Hall–Kier alpha value is -1.19. The Kier molecular flexibility index (Phi) is 4.15. The van der Waals surface area contributed by atoms with Crippen LogP contribution in [0.5, 0.6) is 0 Å². The minimum absolute atomic E-state index is 0.0719. The highest BCUT2D eigenvalue weighted by molar-refractivity contribution is 5.85. The first-order chi connectivity index (χ1) is 8.75. The van der Waals surface area contributed by atoms with Crippen molar-refractivity contribution in [2.45, 2.75) is 38.0 Å². The van der Waals surface area contributed by atoms with Crippen molar-refractivity contribution in [3.8, 4) is 0 Å². The van der Waals surface area contributed by atoms with Gasteiger partial charge in [-0.25, -0.2) is 0 Å². The van der Waals surface area contributed by atoms with Gasteiger partial charge in [0.15, 0.2) is 5.79 Å². The van der Waals surface area contributed by atoms with Gasteiger partial charge in [-0.3, -0.25) is 4.99 Å². The summed E-state index contributed by atoms with van der Waals surface area (Å²) in [6.07, 6.45) is 2.79. The molecular weight excluding hydrogens is 226 g/mol. The van der Waals surface area contributed by atoms with Gasteiger partial charge >= 0.3 is 0 Å². The molecule has 0 aliphatic carbocycles. The Balaban J connectivity index is 2.42. The van der Waals surface area contributed by atoms with Crippen molar-refractivity contribution in [1.82, 2.24) is 0 Å². The zero-order valence-electron chi connectivity index (χ0n) is 11.3. The Morgan fingerprint density at radius 1 is 1.22 bits per heavy atom. The molecule has 1 aromatic carbocycles. The molecule has 1 aromatic rings. The van der Waals surface area contributed by atoms with Crippen LogP contribution in [0.15, 0.2) is 35.3 Å². The zero-order valence-corrected chi connectivity index (χ0v) is 11.3. The summed E-state index contributed by atoms with van der Waals surface area (Å²) in [7, 11) is 3.40. The highest BCUT2D eigenvalue weighted by Crippen LogP contribution is 2.40. The van der Waals surface area contributed by atoms with Crippen molar-refractivity contribution in [3.05, 3.63) is 35.9 Å². The van der Waals surface area contributed by atoms with Crippen LogP contribution in [0.4, 0.5) is 0 Å². The SMILES string of the molecule is CCC1=NC(c2ccccc2)C(OC)(OC)CC1. The number of hydrogen-bond donors (Lipinski definition) is 0. The van der Waals surface area contributed by atoms with Crippen LogP contribution in [0.1, 0.15) is 37.8 Å². The molecule has 98 valence electrons. The van der Waals surface area contributed by atoms with Gasteiger partial charge < -0.3 is 9.47 Å². The van der Waals surface area contributed by atoms with E-state index in [9.17, 15) is 0 Å². The predicted octanol–water partition coefficient (Wildman–Crippen LogP) is 3.36. The number of methoxy groups -OCH3 is 2. The van der Waals surface area contributed by atoms with Gasteiger partial charge in [0.05, 0.1) is 0 Å². The maximum Gasteiger partial charge on any atom is 0.194 e. The lowest BCUT2D eigenvalue weighted by molar-refractivity contribution is -0.226. The van der Waals surface area contributed by atoms with Crippen LogP contribution in [0.25, 0.3) is 0 Å². The van der Waals surface area contributed by atoms with Gasteiger partial charge in [-0.1, -0.05) is 37.3 Å². The molecule has 1 aliphatic rings. The average Bonchev–Trinajstić information content (AvgIpc) is 2.47. The zero-order chi connectivity index (χ0) is 13.0. The smallest absolute Gasteiger partial charge is 0.194 e. The van der Waals surface area contributed by atoms with Gasteiger partial charge in [0.1, 0.15) is 6.04 Å². The Morgan fingerprint density at radius 3 is 2.44 bits per heavy atom. The standard InChI is InChI=1S/C15H21NO2/c1-4-13-10-11-15(17-2,18-3)14(16-13)12-8-6-5-7-9-12/h5-9,14H,4,10-11H2,1-3H3. The molecule has 0 saturated carbocycles. The van der Waals surface area contributed by atoms with Crippen molar-refractivity contribution in [2.24, 2.45) is 4.99 Å². The van der Waals surface area contributed by atoms with E-state index in [4.69, 9.17) is 14.5 Å². The fourth-order valence-corrected chi connectivity index (χ4v) is 2.54. The molecule has 0 amide bonds. The Labute approximate surface area is 109 Å². The summed E-state index contributed by atoms with van der Waals surface area (Å²) >= 11 is 0. The van der Waals surface area contributed by atoms with Gasteiger partial charge in [-0.2, -0.15) is 0 Å². The summed E-state index contributed by atoms with van der Waals surface area (Å²) in [6.45, 7) is 2.15. The Morgan fingerprint density at radius 2 is 1.89 bits per heavy atom. The first-order valence-electron chi connectivity index (χ1n) is 6.46. The second kappa shape index (κ2) is 5.63. The van der Waals surface area contributed by atoms with Crippen molar-refractivity contribution < 1.29 is 9.47 Å². The van der Waals surface area contributed by atoms with Crippen LogP contribution in [0.2, 0.25) is 0 Å². The van der Waals surface area contributed by atoms with E-state index in [1.165, 1.54) is 5.71 Å². The molecule has 18 heavy (non-hydrogen) atoms. The van der Waals surface area contributed by atoms with Gasteiger partial charge in [-0.05, 0) is 18.4 Å². The molecule has 3 nitrogen and oxygen atoms in total. The summed E-state index contributed by atoms with van der Waals surface area (Å²) in [4.78, 5) is 4.83. The number of ether oxygens (including phenoxy) is 2. The van der Waals surface area contributed by atoms with E-state index in [1.54, 1.807) is 14.2 Å². The maximum absolute atomic E-state index is 5.66. The fourth-order valence-electron chi connectivity index (χ4n) is 2.54. The van der Waals surface area contributed by atoms with Gasteiger partial charge in [0.25, 0.3) is 0 Å². The van der Waals surface area contributed by atoms with Crippen LogP contribution in [-0.4, -0.2) is 25.7 Å². The monoisotopic (exact) mass is 247 g/mol. The molecule has 2 rings (SSSR count). The molecule has 0 bridgehead atoms. The number of benzene rings is 1. The average molecular weight is 247 g/mol. The van der Waals surface area contributed by atoms with Crippen LogP contribution < -0.4 is 0 Å². The van der Waals surface area contributed by atoms with Crippen molar-refractivity contribution >= 4 is 5.71 Å². The summed E-state index contributed by atoms with van der Waals surface area (Å²) in [5, 5.41) is 0. The topological polar surface area (TPSA) is 30.8 Å². The molecule has 0 aromatic heterocycles. The number of rotatable bonds is 4. The summed E-state index contributed by atoms with van der Waals surface area (Å²) in [6, 6.07) is 10.2. The van der Waals surface area contributed by atoms with E-state index in [2.05, 4.69) is 19.1 Å². The number of hydrogen-bond acceptors (Lipinski definition) is 3. The summed E-state index contributed by atoms with van der Waals surface area (Å²) < 4.78 is 11.3. The predicted molar refractivity (Wildman–Crippen MR) is 72.9 cm³/mol. The molecule has 0 spiro atoms. The van der Waals surface area contributed by atoms with Crippen LogP contribution in [-0.2, 0) is 9.47 Å². The van der Waals surface area contributed by atoms with Crippen LogP contribution in [0, 0.1) is 0 Å². The molecule has 1 aliphatic heterocycles. The maximum atomic E-state index is 5.66. The molecule has 1 atom stereocenters. The normalized spacial score (nSPS) is 22.6. The Bertz CT molecular complexity index is 410. The van der Waals surface area contributed by atoms with E-state index < -0.39 is 5.79 Å². The third kappa shape index (κ3) is 2.33. The lowest BCUT2D eigenvalue weighted by Gasteiger charge is -2.39. The minimum Gasteiger partial charge on any atom is -0.351 e. The van der Waals surface area contributed by atoms with Gasteiger partial charge in [0.2, 0.25) is 0 Å². The molecule has 0 N–H and O–H groups in total.